The average Bonchev–Trinajstić information content (AvgIpc) is 2.79. The Morgan fingerprint density at radius 2 is 2.17 bits per heavy atom. The van der Waals surface area contributed by atoms with Crippen LogP contribution in [0.2, 0.25) is 0 Å². The maximum Gasteiger partial charge on any atom is 0.156 e. The van der Waals surface area contributed by atoms with Gasteiger partial charge in [0.25, 0.3) is 0 Å². The number of aromatic nitrogens is 4. The van der Waals surface area contributed by atoms with E-state index >= 15 is 0 Å². The number of rotatable bonds is 4. The van der Waals surface area contributed by atoms with Crippen molar-refractivity contribution in [3.63, 3.8) is 0 Å². The predicted octanol–water partition coefficient (Wildman–Crippen LogP) is 2.17. The van der Waals surface area contributed by atoms with Crippen molar-refractivity contribution >= 4 is 15.9 Å². The van der Waals surface area contributed by atoms with E-state index in [2.05, 4.69) is 45.3 Å². The lowest BCUT2D eigenvalue weighted by Crippen LogP contribution is -2.23. The molecule has 2 aromatic heterocycles. The summed E-state index contributed by atoms with van der Waals surface area (Å²) in [6.45, 7) is 7.09. The molecule has 5 nitrogen and oxygen atoms in total. The second-order valence-corrected chi connectivity index (χ2v) is 5.57. The van der Waals surface area contributed by atoms with Crippen LogP contribution in [0.1, 0.15) is 25.1 Å². The number of nitrogens with one attached hydrogen (secondary N) is 1. The molecular weight excluding hydrogens is 294 g/mol. The Morgan fingerprint density at radius 1 is 1.44 bits per heavy atom. The second kappa shape index (κ2) is 5.24. The Bertz CT molecular complexity index is 541. The standard InChI is InChI=1S/C12H18BrN5/c1-8(2)14-6-11-9(3)16-17(4)12(11)18-7-10(13)5-15-18/h5,7-8,14H,6H2,1-4H3. The molecule has 0 aromatic carbocycles. The fraction of sp³-hybridized carbons (Fsp3) is 0.500. The van der Waals surface area contributed by atoms with E-state index in [0.717, 1.165) is 22.5 Å². The lowest BCUT2D eigenvalue weighted by Gasteiger charge is -2.10. The summed E-state index contributed by atoms with van der Waals surface area (Å²) in [6, 6.07) is 0.446. The normalized spacial score (nSPS) is 11.4. The Morgan fingerprint density at radius 3 is 2.72 bits per heavy atom. The molecule has 0 atom stereocenters. The highest BCUT2D eigenvalue weighted by atomic mass is 79.9. The van der Waals surface area contributed by atoms with Crippen molar-refractivity contribution in [3.8, 4) is 5.82 Å². The van der Waals surface area contributed by atoms with Crippen LogP contribution in [0.25, 0.3) is 5.82 Å². The molecule has 0 aliphatic heterocycles. The number of aryl methyl sites for hydroxylation is 2. The first-order valence-electron chi connectivity index (χ1n) is 5.95. The van der Waals surface area contributed by atoms with Crippen molar-refractivity contribution < 1.29 is 0 Å². The third-order valence-corrected chi connectivity index (χ3v) is 3.18. The minimum Gasteiger partial charge on any atom is -0.310 e. The van der Waals surface area contributed by atoms with Crippen LogP contribution in [0.5, 0.6) is 0 Å². The van der Waals surface area contributed by atoms with Gasteiger partial charge in [-0.1, -0.05) is 13.8 Å². The van der Waals surface area contributed by atoms with Gasteiger partial charge in [-0.25, -0.2) is 4.68 Å². The summed E-state index contributed by atoms with van der Waals surface area (Å²) in [5, 5.41) is 12.2. The molecule has 0 bridgehead atoms. The van der Waals surface area contributed by atoms with Gasteiger partial charge in [-0.2, -0.15) is 10.2 Å². The Hall–Kier alpha value is -1.14. The predicted molar refractivity (Wildman–Crippen MR) is 74.7 cm³/mol. The van der Waals surface area contributed by atoms with Crippen LogP contribution < -0.4 is 5.32 Å². The monoisotopic (exact) mass is 311 g/mol. The number of hydrogen-bond donors (Lipinski definition) is 1. The molecule has 1 N–H and O–H groups in total. The topological polar surface area (TPSA) is 47.7 Å². The minimum atomic E-state index is 0.446. The van der Waals surface area contributed by atoms with Gasteiger partial charge < -0.3 is 5.32 Å². The van der Waals surface area contributed by atoms with E-state index in [9.17, 15) is 0 Å². The molecule has 0 aliphatic carbocycles. The van der Waals surface area contributed by atoms with Gasteiger partial charge in [0.2, 0.25) is 0 Å². The summed E-state index contributed by atoms with van der Waals surface area (Å²) in [5.41, 5.74) is 2.22. The van der Waals surface area contributed by atoms with Crippen LogP contribution in [0.3, 0.4) is 0 Å². The molecule has 0 fully saturated rings. The average molecular weight is 312 g/mol. The second-order valence-electron chi connectivity index (χ2n) is 4.65. The number of halogens is 1. The van der Waals surface area contributed by atoms with E-state index in [1.54, 1.807) is 6.20 Å². The molecule has 0 aliphatic rings. The summed E-state index contributed by atoms with van der Waals surface area (Å²) < 4.78 is 4.68. The maximum absolute atomic E-state index is 4.48. The molecule has 0 unspecified atom stereocenters. The van der Waals surface area contributed by atoms with E-state index in [1.807, 2.05) is 29.5 Å². The summed E-state index contributed by atoms with van der Waals surface area (Å²) in [4.78, 5) is 0. The number of nitrogens with zero attached hydrogens (tertiary/aromatic N) is 4. The molecule has 0 amide bonds. The van der Waals surface area contributed by atoms with Crippen molar-refractivity contribution in [1.29, 1.82) is 0 Å². The third-order valence-electron chi connectivity index (χ3n) is 2.77. The van der Waals surface area contributed by atoms with Gasteiger partial charge in [0.15, 0.2) is 5.82 Å². The molecule has 2 aromatic rings. The van der Waals surface area contributed by atoms with Crippen LogP contribution >= 0.6 is 15.9 Å². The molecule has 18 heavy (non-hydrogen) atoms. The maximum atomic E-state index is 4.48. The lowest BCUT2D eigenvalue weighted by molar-refractivity contribution is 0.584. The van der Waals surface area contributed by atoms with Crippen LogP contribution in [-0.4, -0.2) is 25.6 Å². The first kappa shape index (κ1) is 13.3. The first-order valence-corrected chi connectivity index (χ1v) is 6.74. The molecular formula is C12H18BrN5. The smallest absolute Gasteiger partial charge is 0.156 e. The molecule has 2 rings (SSSR count). The molecule has 6 heteroatoms. The first-order chi connectivity index (χ1) is 8.49. The van der Waals surface area contributed by atoms with E-state index in [-0.39, 0.29) is 0 Å². The van der Waals surface area contributed by atoms with Gasteiger partial charge in [0.05, 0.1) is 16.4 Å². The van der Waals surface area contributed by atoms with E-state index in [0.29, 0.717) is 6.04 Å². The molecule has 98 valence electrons. The highest BCUT2D eigenvalue weighted by Crippen LogP contribution is 2.19. The zero-order valence-corrected chi connectivity index (χ0v) is 12.7. The highest BCUT2D eigenvalue weighted by Gasteiger charge is 2.15. The van der Waals surface area contributed by atoms with Crippen molar-refractivity contribution in [3.05, 3.63) is 28.1 Å². The van der Waals surface area contributed by atoms with Gasteiger partial charge in [-0.15, -0.1) is 0 Å². The van der Waals surface area contributed by atoms with Crippen LogP contribution in [-0.2, 0) is 13.6 Å². The summed E-state index contributed by atoms with van der Waals surface area (Å²) in [5.74, 6) is 1.01. The zero-order chi connectivity index (χ0) is 13.3. The quantitative estimate of drug-likeness (QED) is 0.941. The highest BCUT2D eigenvalue weighted by molar-refractivity contribution is 9.10. The van der Waals surface area contributed by atoms with Crippen LogP contribution in [0.4, 0.5) is 0 Å². The van der Waals surface area contributed by atoms with Crippen LogP contribution in [0.15, 0.2) is 16.9 Å². The minimum absolute atomic E-state index is 0.446. The fourth-order valence-electron chi connectivity index (χ4n) is 1.91. The summed E-state index contributed by atoms with van der Waals surface area (Å²) >= 11 is 3.42. The van der Waals surface area contributed by atoms with E-state index < -0.39 is 0 Å². The van der Waals surface area contributed by atoms with Gasteiger partial charge in [-0.05, 0) is 22.9 Å². The van der Waals surface area contributed by atoms with Crippen LogP contribution in [0, 0.1) is 6.92 Å². The fourth-order valence-corrected chi connectivity index (χ4v) is 2.19. The summed E-state index contributed by atoms with van der Waals surface area (Å²) in [6.07, 6.45) is 3.72. The Kier molecular flexibility index (Phi) is 3.87. The third kappa shape index (κ3) is 2.64. The zero-order valence-electron chi connectivity index (χ0n) is 11.1. The lowest BCUT2D eigenvalue weighted by atomic mass is 10.2. The molecule has 0 saturated carbocycles. The largest absolute Gasteiger partial charge is 0.310 e. The molecule has 0 radical (unpaired) electrons. The van der Waals surface area contributed by atoms with E-state index in [4.69, 9.17) is 0 Å². The molecule has 2 heterocycles. The summed E-state index contributed by atoms with van der Waals surface area (Å²) in [7, 11) is 1.94. The Balaban J connectivity index is 2.39. The van der Waals surface area contributed by atoms with Crippen molar-refractivity contribution in [1.82, 2.24) is 24.9 Å². The van der Waals surface area contributed by atoms with Gasteiger partial charge >= 0.3 is 0 Å². The SMILES string of the molecule is Cc1nn(C)c(-n2cc(Br)cn2)c1CNC(C)C. The molecule has 0 saturated heterocycles. The van der Waals surface area contributed by atoms with E-state index in [1.165, 1.54) is 5.56 Å². The van der Waals surface area contributed by atoms with Gasteiger partial charge in [0, 0.05) is 31.4 Å². The van der Waals surface area contributed by atoms with Gasteiger partial charge in [-0.3, -0.25) is 4.68 Å². The van der Waals surface area contributed by atoms with Crippen molar-refractivity contribution in [2.24, 2.45) is 7.05 Å². The van der Waals surface area contributed by atoms with Crippen molar-refractivity contribution in [2.75, 3.05) is 0 Å². The Labute approximate surface area is 115 Å². The molecule has 0 spiro atoms. The number of hydrogen-bond acceptors (Lipinski definition) is 3. The van der Waals surface area contributed by atoms with Gasteiger partial charge in [0.1, 0.15) is 0 Å². The van der Waals surface area contributed by atoms with Crippen molar-refractivity contribution in [2.45, 2.75) is 33.4 Å².